The maximum atomic E-state index is 9.41. The molecule has 3 aromatic rings. The summed E-state index contributed by atoms with van der Waals surface area (Å²) in [4.78, 5) is 0. The van der Waals surface area contributed by atoms with E-state index in [1.807, 2.05) is 36.4 Å². The third kappa shape index (κ3) is 4.26. The molecule has 3 aromatic carbocycles. The highest BCUT2D eigenvalue weighted by Gasteiger charge is 2.13. The molecule has 0 saturated heterocycles. The Bertz CT molecular complexity index is 1230. The van der Waals surface area contributed by atoms with Crippen molar-refractivity contribution in [1.82, 2.24) is 0 Å². The third-order valence-corrected chi connectivity index (χ3v) is 4.01. The molecule has 0 amide bonds. The number of hydrogen-bond donors (Lipinski definition) is 0. The van der Waals surface area contributed by atoms with Crippen LogP contribution in [-0.4, -0.2) is 0 Å². The summed E-state index contributed by atoms with van der Waals surface area (Å²) in [6, 6.07) is 27.8. The SMILES string of the molecule is N#CC(C#N)=c1cc(Oc2ccccc2)c(=C(C#N)C#N)cc1Oc1ccccc1. The van der Waals surface area contributed by atoms with Gasteiger partial charge in [0.05, 0.1) is 0 Å². The molecule has 0 aromatic heterocycles. The molecular formula is C24H12N4O2. The first-order valence-electron chi connectivity index (χ1n) is 8.69. The van der Waals surface area contributed by atoms with Gasteiger partial charge in [0, 0.05) is 10.4 Å². The molecule has 0 fully saturated rings. The van der Waals surface area contributed by atoms with Gasteiger partial charge >= 0.3 is 0 Å². The lowest BCUT2D eigenvalue weighted by Crippen LogP contribution is -2.18. The monoisotopic (exact) mass is 388 g/mol. The maximum Gasteiger partial charge on any atom is 0.140 e. The van der Waals surface area contributed by atoms with Crippen LogP contribution in [0.1, 0.15) is 0 Å². The highest BCUT2D eigenvalue weighted by molar-refractivity contribution is 5.77. The Kier molecular flexibility index (Phi) is 6.08. The Balaban J connectivity index is 2.35. The predicted molar refractivity (Wildman–Crippen MR) is 108 cm³/mol. The van der Waals surface area contributed by atoms with Gasteiger partial charge in [-0.1, -0.05) is 36.4 Å². The second kappa shape index (κ2) is 9.25. The standard InChI is InChI=1S/C24H12N4O2/c25-13-17(14-26)21-12-24(30-20-9-5-2-6-10-20)22(18(15-27)16-28)11-23(21)29-19-7-3-1-4-8-19/h1-12H. The van der Waals surface area contributed by atoms with Gasteiger partial charge in [-0.15, -0.1) is 0 Å². The fourth-order valence-corrected chi connectivity index (χ4v) is 2.64. The van der Waals surface area contributed by atoms with E-state index in [1.54, 1.807) is 48.5 Å². The molecule has 6 nitrogen and oxygen atoms in total. The van der Waals surface area contributed by atoms with Gasteiger partial charge in [-0.25, -0.2) is 0 Å². The molecule has 140 valence electrons. The summed E-state index contributed by atoms with van der Waals surface area (Å²) in [6.45, 7) is 0. The Morgan fingerprint density at radius 2 is 0.867 bits per heavy atom. The van der Waals surface area contributed by atoms with Crippen LogP contribution in [0.4, 0.5) is 0 Å². The fourth-order valence-electron chi connectivity index (χ4n) is 2.64. The van der Waals surface area contributed by atoms with E-state index in [2.05, 4.69) is 0 Å². The van der Waals surface area contributed by atoms with E-state index in [0.717, 1.165) is 0 Å². The van der Waals surface area contributed by atoms with Gasteiger partial charge < -0.3 is 9.47 Å². The molecule has 0 spiro atoms. The summed E-state index contributed by atoms with van der Waals surface area (Å²) in [5, 5.41) is 38.0. The van der Waals surface area contributed by atoms with E-state index in [4.69, 9.17) is 9.47 Å². The molecule has 0 N–H and O–H groups in total. The normalized spacial score (nSPS) is 9.20. The van der Waals surface area contributed by atoms with Crippen LogP contribution in [0.15, 0.2) is 72.8 Å². The van der Waals surface area contributed by atoms with Crippen LogP contribution >= 0.6 is 0 Å². The minimum Gasteiger partial charge on any atom is -0.457 e. The van der Waals surface area contributed by atoms with Gasteiger partial charge in [-0.05, 0) is 36.4 Å². The molecule has 3 rings (SSSR count). The predicted octanol–water partition coefficient (Wildman–Crippen LogP) is 3.67. The molecular weight excluding hydrogens is 376 g/mol. The summed E-state index contributed by atoms with van der Waals surface area (Å²) < 4.78 is 11.7. The van der Waals surface area contributed by atoms with Crippen LogP contribution in [0.2, 0.25) is 0 Å². The Hall–Kier alpha value is -5.04. The van der Waals surface area contributed by atoms with E-state index >= 15 is 0 Å². The van der Waals surface area contributed by atoms with Gasteiger partial charge in [-0.3, -0.25) is 0 Å². The molecule has 0 atom stereocenters. The molecule has 0 heterocycles. The van der Waals surface area contributed by atoms with Crippen molar-refractivity contribution in [3.05, 3.63) is 83.2 Å². The van der Waals surface area contributed by atoms with Crippen molar-refractivity contribution < 1.29 is 9.47 Å². The molecule has 30 heavy (non-hydrogen) atoms. The van der Waals surface area contributed by atoms with E-state index in [0.29, 0.717) is 11.5 Å². The van der Waals surface area contributed by atoms with Crippen LogP contribution in [0.25, 0.3) is 11.1 Å². The molecule has 0 unspecified atom stereocenters. The first kappa shape index (κ1) is 19.7. The summed E-state index contributed by atoms with van der Waals surface area (Å²) in [7, 11) is 0. The van der Waals surface area contributed by atoms with E-state index in [-0.39, 0.29) is 33.1 Å². The zero-order valence-corrected chi connectivity index (χ0v) is 15.5. The van der Waals surface area contributed by atoms with Gasteiger partial charge in [0.1, 0.15) is 58.4 Å². The van der Waals surface area contributed by atoms with Crippen molar-refractivity contribution in [3.63, 3.8) is 0 Å². The van der Waals surface area contributed by atoms with Crippen molar-refractivity contribution in [3.8, 4) is 47.3 Å². The number of nitriles is 4. The highest BCUT2D eigenvalue weighted by Crippen LogP contribution is 2.22. The van der Waals surface area contributed by atoms with Gasteiger partial charge in [0.25, 0.3) is 0 Å². The lowest BCUT2D eigenvalue weighted by molar-refractivity contribution is 0.462. The zero-order valence-electron chi connectivity index (χ0n) is 15.5. The highest BCUT2D eigenvalue weighted by atomic mass is 16.5. The second-order valence-corrected chi connectivity index (χ2v) is 5.87. The molecule has 0 aliphatic heterocycles. The Morgan fingerprint density at radius 1 is 0.533 bits per heavy atom. The van der Waals surface area contributed by atoms with Crippen molar-refractivity contribution in [1.29, 1.82) is 21.0 Å². The van der Waals surface area contributed by atoms with Crippen molar-refractivity contribution in [2.24, 2.45) is 0 Å². The minimum absolute atomic E-state index is 0.151. The van der Waals surface area contributed by atoms with Gasteiger partial charge in [0.2, 0.25) is 0 Å². The molecule has 0 bridgehead atoms. The maximum absolute atomic E-state index is 9.41. The van der Waals surface area contributed by atoms with E-state index in [1.165, 1.54) is 12.1 Å². The smallest absolute Gasteiger partial charge is 0.140 e. The van der Waals surface area contributed by atoms with Crippen LogP contribution in [0.5, 0.6) is 23.0 Å². The van der Waals surface area contributed by atoms with E-state index in [9.17, 15) is 21.0 Å². The van der Waals surface area contributed by atoms with Crippen molar-refractivity contribution >= 4 is 11.1 Å². The summed E-state index contributed by atoms with van der Waals surface area (Å²) in [5.74, 6) is 1.23. The molecule has 0 saturated carbocycles. The second-order valence-electron chi connectivity index (χ2n) is 5.87. The number of hydrogen-bond acceptors (Lipinski definition) is 6. The number of para-hydroxylation sites is 2. The van der Waals surface area contributed by atoms with Crippen molar-refractivity contribution in [2.45, 2.75) is 0 Å². The first-order chi connectivity index (χ1) is 14.7. The number of benzene rings is 3. The minimum atomic E-state index is -0.194. The van der Waals surface area contributed by atoms with Crippen molar-refractivity contribution in [2.75, 3.05) is 0 Å². The lowest BCUT2D eigenvalue weighted by Gasteiger charge is -2.11. The third-order valence-electron chi connectivity index (χ3n) is 4.01. The topological polar surface area (TPSA) is 114 Å². The summed E-state index contributed by atoms with van der Waals surface area (Å²) >= 11 is 0. The average molecular weight is 388 g/mol. The quantitative estimate of drug-likeness (QED) is 0.674. The van der Waals surface area contributed by atoms with Crippen LogP contribution < -0.4 is 19.9 Å². The molecule has 0 aliphatic rings. The zero-order chi connectivity index (χ0) is 21.3. The van der Waals surface area contributed by atoms with Gasteiger partial charge in [-0.2, -0.15) is 21.0 Å². The van der Waals surface area contributed by atoms with Crippen LogP contribution in [0.3, 0.4) is 0 Å². The van der Waals surface area contributed by atoms with E-state index < -0.39 is 0 Å². The van der Waals surface area contributed by atoms with Crippen LogP contribution in [-0.2, 0) is 0 Å². The molecule has 0 radical (unpaired) electrons. The Labute approximate surface area is 172 Å². The number of rotatable bonds is 4. The fraction of sp³-hybridized carbons (Fsp3) is 0. The Morgan fingerprint density at radius 3 is 1.17 bits per heavy atom. The lowest BCUT2D eigenvalue weighted by atomic mass is 10.1. The average Bonchev–Trinajstić information content (AvgIpc) is 2.79. The van der Waals surface area contributed by atoms with Crippen LogP contribution in [0, 0.1) is 45.3 Å². The summed E-state index contributed by atoms with van der Waals surface area (Å²) in [5.41, 5.74) is -0.387. The number of nitrogens with zero attached hydrogens (tertiary/aromatic N) is 4. The summed E-state index contributed by atoms with van der Waals surface area (Å²) in [6.07, 6.45) is 0. The molecule has 6 heteroatoms. The van der Waals surface area contributed by atoms with Gasteiger partial charge in [0.15, 0.2) is 0 Å². The molecule has 0 aliphatic carbocycles. The first-order valence-corrected chi connectivity index (χ1v) is 8.69. The largest absolute Gasteiger partial charge is 0.457 e. The number of ether oxygens (including phenoxy) is 2.